The van der Waals surface area contributed by atoms with Crippen LogP contribution in [0.5, 0.6) is 0 Å². The number of hydrogen-bond donors (Lipinski definition) is 0. The molecule has 0 unspecified atom stereocenters. The Labute approximate surface area is 159 Å². The molecule has 3 heterocycles. The second kappa shape index (κ2) is 8.12. The molecule has 4 heteroatoms. The van der Waals surface area contributed by atoms with Gasteiger partial charge in [-0.3, -0.25) is 14.8 Å². The van der Waals surface area contributed by atoms with E-state index in [0.717, 1.165) is 43.6 Å². The van der Waals surface area contributed by atoms with E-state index in [1.807, 2.05) is 29.2 Å². The summed E-state index contributed by atoms with van der Waals surface area (Å²) in [6.07, 6.45) is 8.38. The SMILES string of the molecule is O=C(c1ccc(-c2cccnc2)nc1)N1CCC[C@@H](c2ccccc2)CC1. The van der Waals surface area contributed by atoms with Crippen LogP contribution in [0.4, 0.5) is 0 Å². The molecule has 27 heavy (non-hydrogen) atoms. The van der Waals surface area contributed by atoms with Crippen LogP contribution in [0, 0.1) is 0 Å². The van der Waals surface area contributed by atoms with Crippen molar-refractivity contribution in [3.8, 4) is 11.3 Å². The Morgan fingerprint density at radius 1 is 0.926 bits per heavy atom. The number of benzene rings is 1. The van der Waals surface area contributed by atoms with Crippen LogP contribution in [0.1, 0.15) is 41.1 Å². The van der Waals surface area contributed by atoms with E-state index in [2.05, 4.69) is 40.3 Å². The third-order valence-corrected chi connectivity index (χ3v) is 5.25. The topological polar surface area (TPSA) is 46.1 Å². The average Bonchev–Trinajstić information content (AvgIpc) is 3.01. The van der Waals surface area contributed by atoms with Gasteiger partial charge in [-0.25, -0.2) is 0 Å². The minimum Gasteiger partial charge on any atom is -0.339 e. The quantitative estimate of drug-likeness (QED) is 0.691. The molecular formula is C23H23N3O. The molecule has 1 fully saturated rings. The van der Waals surface area contributed by atoms with Gasteiger partial charge in [0, 0.05) is 37.2 Å². The Hall–Kier alpha value is -3.01. The van der Waals surface area contributed by atoms with E-state index >= 15 is 0 Å². The zero-order chi connectivity index (χ0) is 18.5. The maximum Gasteiger partial charge on any atom is 0.255 e. The molecule has 0 bridgehead atoms. The first-order chi connectivity index (χ1) is 13.3. The molecule has 1 aromatic carbocycles. The lowest BCUT2D eigenvalue weighted by atomic mass is 9.92. The highest BCUT2D eigenvalue weighted by atomic mass is 16.2. The Bertz CT molecular complexity index is 879. The Kier molecular flexibility index (Phi) is 5.24. The van der Waals surface area contributed by atoms with E-state index in [1.54, 1.807) is 18.6 Å². The van der Waals surface area contributed by atoms with Gasteiger partial charge in [0.25, 0.3) is 5.91 Å². The number of carbonyl (C=O) groups excluding carboxylic acids is 1. The molecule has 0 radical (unpaired) electrons. The maximum atomic E-state index is 12.9. The molecule has 1 saturated heterocycles. The van der Waals surface area contributed by atoms with Crippen LogP contribution in [0.25, 0.3) is 11.3 Å². The van der Waals surface area contributed by atoms with Gasteiger partial charge in [-0.2, -0.15) is 0 Å². The zero-order valence-corrected chi connectivity index (χ0v) is 15.3. The number of rotatable bonds is 3. The Balaban J connectivity index is 1.43. The molecule has 4 nitrogen and oxygen atoms in total. The highest BCUT2D eigenvalue weighted by Crippen LogP contribution is 2.28. The van der Waals surface area contributed by atoms with Crippen molar-refractivity contribution in [3.05, 3.63) is 84.3 Å². The summed E-state index contributed by atoms with van der Waals surface area (Å²) in [4.78, 5) is 23.5. The van der Waals surface area contributed by atoms with Crippen molar-refractivity contribution in [1.82, 2.24) is 14.9 Å². The van der Waals surface area contributed by atoms with E-state index in [-0.39, 0.29) is 5.91 Å². The molecule has 1 amide bonds. The summed E-state index contributed by atoms with van der Waals surface area (Å²) in [5.74, 6) is 0.615. The van der Waals surface area contributed by atoms with Crippen LogP contribution in [0.3, 0.4) is 0 Å². The third-order valence-electron chi connectivity index (χ3n) is 5.25. The van der Waals surface area contributed by atoms with Crippen molar-refractivity contribution in [1.29, 1.82) is 0 Å². The van der Waals surface area contributed by atoms with Crippen molar-refractivity contribution in [2.24, 2.45) is 0 Å². The van der Waals surface area contributed by atoms with Gasteiger partial charge in [0.1, 0.15) is 0 Å². The fourth-order valence-electron chi connectivity index (χ4n) is 3.75. The van der Waals surface area contributed by atoms with Gasteiger partial charge in [0.2, 0.25) is 0 Å². The summed E-state index contributed by atoms with van der Waals surface area (Å²) in [5.41, 5.74) is 3.83. The van der Waals surface area contributed by atoms with Crippen LogP contribution >= 0.6 is 0 Å². The van der Waals surface area contributed by atoms with Crippen molar-refractivity contribution in [2.75, 3.05) is 13.1 Å². The molecule has 4 rings (SSSR count). The predicted molar refractivity (Wildman–Crippen MR) is 106 cm³/mol. The molecule has 0 spiro atoms. The fourth-order valence-corrected chi connectivity index (χ4v) is 3.75. The lowest BCUT2D eigenvalue weighted by Crippen LogP contribution is -2.32. The van der Waals surface area contributed by atoms with Crippen molar-refractivity contribution >= 4 is 5.91 Å². The zero-order valence-electron chi connectivity index (χ0n) is 15.3. The summed E-state index contributed by atoms with van der Waals surface area (Å²) in [5, 5.41) is 0. The largest absolute Gasteiger partial charge is 0.339 e. The number of likely N-dealkylation sites (tertiary alicyclic amines) is 1. The first-order valence-corrected chi connectivity index (χ1v) is 9.52. The summed E-state index contributed by atoms with van der Waals surface area (Å²) < 4.78 is 0. The molecule has 0 aliphatic carbocycles. The van der Waals surface area contributed by atoms with E-state index in [0.29, 0.717) is 11.5 Å². The number of pyridine rings is 2. The highest BCUT2D eigenvalue weighted by Gasteiger charge is 2.22. The molecule has 1 aliphatic heterocycles. The highest BCUT2D eigenvalue weighted by molar-refractivity contribution is 5.94. The summed E-state index contributed by atoms with van der Waals surface area (Å²) in [7, 11) is 0. The number of aromatic nitrogens is 2. The second-order valence-electron chi connectivity index (χ2n) is 7.00. The maximum absolute atomic E-state index is 12.9. The standard InChI is InChI=1S/C23H23N3O/c27-23(21-10-11-22(25-17-21)20-8-4-13-24-16-20)26-14-5-9-19(12-15-26)18-6-2-1-3-7-18/h1-4,6-8,10-11,13,16-17,19H,5,9,12,14-15H2/t19-/m1/s1. The van der Waals surface area contributed by atoms with Gasteiger partial charge in [-0.05, 0) is 55.0 Å². The van der Waals surface area contributed by atoms with E-state index in [4.69, 9.17) is 0 Å². The lowest BCUT2D eigenvalue weighted by Gasteiger charge is -2.21. The number of nitrogens with zero attached hydrogens (tertiary/aromatic N) is 3. The first kappa shape index (κ1) is 17.4. The molecule has 0 saturated carbocycles. The Morgan fingerprint density at radius 2 is 1.81 bits per heavy atom. The van der Waals surface area contributed by atoms with Crippen LogP contribution in [0.15, 0.2) is 73.2 Å². The van der Waals surface area contributed by atoms with Crippen LogP contribution in [0.2, 0.25) is 0 Å². The summed E-state index contributed by atoms with van der Waals surface area (Å²) in [6, 6.07) is 18.3. The lowest BCUT2D eigenvalue weighted by molar-refractivity contribution is 0.0760. The van der Waals surface area contributed by atoms with Gasteiger partial charge in [-0.15, -0.1) is 0 Å². The van der Waals surface area contributed by atoms with Gasteiger partial charge in [0.15, 0.2) is 0 Å². The van der Waals surface area contributed by atoms with E-state index < -0.39 is 0 Å². The monoisotopic (exact) mass is 357 g/mol. The molecule has 1 aliphatic rings. The molecule has 2 aromatic heterocycles. The minimum absolute atomic E-state index is 0.0777. The smallest absolute Gasteiger partial charge is 0.255 e. The second-order valence-corrected chi connectivity index (χ2v) is 7.00. The molecular weight excluding hydrogens is 334 g/mol. The van der Waals surface area contributed by atoms with Crippen molar-refractivity contribution < 1.29 is 4.79 Å². The molecule has 136 valence electrons. The van der Waals surface area contributed by atoms with Crippen molar-refractivity contribution in [2.45, 2.75) is 25.2 Å². The number of amides is 1. The van der Waals surface area contributed by atoms with Gasteiger partial charge in [-0.1, -0.05) is 30.3 Å². The molecule has 3 aromatic rings. The Morgan fingerprint density at radius 3 is 2.56 bits per heavy atom. The predicted octanol–water partition coefficient (Wildman–Crippen LogP) is 4.55. The van der Waals surface area contributed by atoms with E-state index in [9.17, 15) is 4.79 Å². The first-order valence-electron chi connectivity index (χ1n) is 9.52. The van der Waals surface area contributed by atoms with E-state index in [1.165, 1.54) is 5.56 Å². The summed E-state index contributed by atoms with van der Waals surface area (Å²) in [6.45, 7) is 1.61. The van der Waals surface area contributed by atoms with Gasteiger partial charge in [0.05, 0.1) is 11.3 Å². The number of carbonyl (C=O) groups is 1. The van der Waals surface area contributed by atoms with Crippen LogP contribution in [-0.2, 0) is 0 Å². The fraction of sp³-hybridized carbons (Fsp3) is 0.261. The van der Waals surface area contributed by atoms with Crippen LogP contribution < -0.4 is 0 Å². The van der Waals surface area contributed by atoms with Crippen LogP contribution in [-0.4, -0.2) is 33.9 Å². The van der Waals surface area contributed by atoms with Gasteiger partial charge < -0.3 is 4.90 Å². The average molecular weight is 357 g/mol. The summed E-state index contributed by atoms with van der Waals surface area (Å²) >= 11 is 0. The number of hydrogen-bond acceptors (Lipinski definition) is 3. The minimum atomic E-state index is 0.0777. The third kappa shape index (κ3) is 4.05. The normalized spacial score (nSPS) is 17.3. The molecule has 1 atom stereocenters. The van der Waals surface area contributed by atoms with Crippen molar-refractivity contribution in [3.63, 3.8) is 0 Å². The molecule has 0 N–H and O–H groups in total. The van der Waals surface area contributed by atoms with Gasteiger partial charge >= 0.3 is 0 Å².